The fourth-order valence-electron chi connectivity index (χ4n) is 1.24. The molecule has 1 N–H and O–H groups in total. The number of benzene rings is 1. The molecule has 0 saturated heterocycles. The van der Waals surface area contributed by atoms with Gasteiger partial charge in [-0.25, -0.2) is 0 Å². The van der Waals surface area contributed by atoms with Crippen LogP contribution in [-0.2, 0) is 0 Å². The minimum absolute atomic E-state index is 0.504. The van der Waals surface area contributed by atoms with E-state index in [2.05, 4.69) is 26.2 Å². The van der Waals surface area contributed by atoms with Crippen LogP contribution in [0.2, 0.25) is 10.0 Å². The molecule has 0 amide bonds. The van der Waals surface area contributed by atoms with Crippen molar-refractivity contribution in [2.24, 2.45) is 0 Å². The van der Waals surface area contributed by atoms with Gasteiger partial charge in [-0.3, -0.25) is 4.98 Å². The molecule has 0 unspecified atom stereocenters. The quantitative estimate of drug-likeness (QED) is 0.852. The molecule has 0 radical (unpaired) electrons. The Balaban J connectivity index is 2.31. The molecule has 1 heterocycles. The Morgan fingerprint density at radius 1 is 1.19 bits per heavy atom. The van der Waals surface area contributed by atoms with Crippen molar-refractivity contribution in [1.82, 2.24) is 4.98 Å². The van der Waals surface area contributed by atoms with Crippen LogP contribution in [0.5, 0.6) is 0 Å². The van der Waals surface area contributed by atoms with E-state index in [0.29, 0.717) is 10.0 Å². The number of aromatic nitrogens is 1. The van der Waals surface area contributed by atoms with E-state index in [1.165, 1.54) is 0 Å². The largest absolute Gasteiger partial charge is 0.353 e. The van der Waals surface area contributed by atoms with Crippen LogP contribution >= 0.6 is 39.1 Å². The van der Waals surface area contributed by atoms with E-state index in [-0.39, 0.29) is 0 Å². The summed E-state index contributed by atoms with van der Waals surface area (Å²) < 4.78 is 0.899. The first kappa shape index (κ1) is 11.7. The monoisotopic (exact) mass is 316 g/mol. The molecule has 0 saturated carbocycles. The highest BCUT2D eigenvalue weighted by Gasteiger charge is 2.04. The summed E-state index contributed by atoms with van der Waals surface area (Å²) in [7, 11) is 0. The van der Waals surface area contributed by atoms with E-state index in [0.717, 1.165) is 15.8 Å². The Hall–Kier alpha value is -0.770. The summed E-state index contributed by atoms with van der Waals surface area (Å²) in [4.78, 5) is 4.05. The van der Waals surface area contributed by atoms with Crippen LogP contribution in [0.3, 0.4) is 0 Å². The second-order valence-electron chi connectivity index (χ2n) is 3.12. The van der Waals surface area contributed by atoms with Crippen molar-refractivity contribution in [3.05, 3.63) is 51.2 Å². The summed E-state index contributed by atoms with van der Waals surface area (Å²) in [6.07, 6.45) is 3.42. The number of hydrogen-bond acceptors (Lipinski definition) is 2. The molecular formula is C11H7BrCl2N2. The zero-order valence-corrected chi connectivity index (χ0v) is 11.1. The molecule has 2 nitrogen and oxygen atoms in total. The van der Waals surface area contributed by atoms with Crippen LogP contribution in [0.1, 0.15) is 0 Å². The van der Waals surface area contributed by atoms with Gasteiger partial charge in [0.1, 0.15) is 0 Å². The molecule has 1 aromatic heterocycles. The van der Waals surface area contributed by atoms with Crippen LogP contribution in [0, 0.1) is 0 Å². The van der Waals surface area contributed by atoms with Gasteiger partial charge in [-0.1, -0.05) is 29.3 Å². The van der Waals surface area contributed by atoms with Crippen LogP contribution < -0.4 is 5.32 Å². The average Bonchev–Trinajstić information content (AvgIpc) is 2.25. The molecule has 0 spiro atoms. The van der Waals surface area contributed by atoms with Gasteiger partial charge in [-0.15, -0.1) is 0 Å². The third-order valence-corrected chi connectivity index (χ3v) is 3.19. The first-order valence-corrected chi connectivity index (χ1v) is 6.03. The van der Waals surface area contributed by atoms with Gasteiger partial charge in [0.25, 0.3) is 0 Å². The summed E-state index contributed by atoms with van der Waals surface area (Å²) in [5, 5.41) is 4.17. The predicted octanol–water partition coefficient (Wildman–Crippen LogP) is 4.89. The van der Waals surface area contributed by atoms with Crippen molar-refractivity contribution < 1.29 is 0 Å². The number of nitrogens with zero attached hydrogens (tertiary/aromatic N) is 1. The molecule has 0 aliphatic carbocycles. The van der Waals surface area contributed by atoms with Crippen molar-refractivity contribution in [2.45, 2.75) is 0 Å². The first-order chi connectivity index (χ1) is 7.66. The van der Waals surface area contributed by atoms with Crippen LogP contribution in [0.25, 0.3) is 0 Å². The number of rotatable bonds is 2. The topological polar surface area (TPSA) is 24.9 Å². The Kier molecular flexibility index (Phi) is 3.69. The molecule has 0 aliphatic rings. The van der Waals surface area contributed by atoms with Crippen molar-refractivity contribution in [2.75, 3.05) is 5.32 Å². The van der Waals surface area contributed by atoms with Crippen molar-refractivity contribution >= 4 is 50.5 Å². The van der Waals surface area contributed by atoms with Gasteiger partial charge in [0.05, 0.1) is 27.6 Å². The summed E-state index contributed by atoms with van der Waals surface area (Å²) in [6.45, 7) is 0. The molecule has 1 aromatic carbocycles. The van der Waals surface area contributed by atoms with Crippen molar-refractivity contribution in [1.29, 1.82) is 0 Å². The standard InChI is InChI=1S/C11H7BrCl2N2/c12-7-4-8(6-15-5-7)16-10-3-1-2-9(13)11(10)14/h1-6,16H. The van der Waals surface area contributed by atoms with Crippen molar-refractivity contribution in [3.63, 3.8) is 0 Å². The second kappa shape index (κ2) is 5.04. The summed E-state index contributed by atoms with van der Waals surface area (Å²) in [6, 6.07) is 7.34. The highest BCUT2D eigenvalue weighted by atomic mass is 79.9. The normalized spacial score (nSPS) is 10.2. The van der Waals surface area contributed by atoms with Gasteiger partial charge in [-0.2, -0.15) is 0 Å². The molecule has 0 atom stereocenters. The molecule has 5 heteroatoms. The molecule has 0 fully saturated rings. The van der Waals surface area contributed by atoms with Crippen LogP contribution in [-0.4, -0.2) is 4.98 Å². The molecule has 16 heavy (non-hydrogen) atoms. The zero-order chi connectivity index (χ0) is 11.5. The molecule has 82 valence electrons. The molecular weight excluding hydrogens is 311 g/mol. The number of anilines is 2. The molecule has 0 aliphatic heterocycles. The van der Waals surface area contributed by atoms with Gasteiger partial charge in [-0.05, 0) is 34.1 Å². The number of pyridine rings is 1. The fourth-order valence-corrected chi connectivity index (χ4v) is 1.95. The Labute approximate surface area is 112 Å². The Morgan fingerprint density at radius 2 is 2.00 bits per heavy atom. The number of hydrogen-bond donors (Lipinski definition) is 1. The van der Waals surface area contributed by atoms with Gasteiger partial charge in [0.15, 0.2) is 0 Å². The highest BCUT2D eigenvalue weighted by Crippen LogP contribution is 2.31. The third-order valence-electron chi connectivity index (χ3n) is 1.94. The minimum Gasteiger partial charge on any atom is -0.353 e. The second-order valence-corrected chi connectivity index (χ2v) is 4.82. The summed E-state index contributed by atoms with van der Waals surface area (Å²) >= 11 is 15.3. The SMILES string of the molecule is Clc1cccc(Nc2cncc(Br)c2)c1Cl. The molecule has 2 rings (SSSR count). The van der Waals surface area contributed by atoms with Gasteiger partial charge in [0.2, 0.25) is 0 Å². The molecule has 0 bridgehead atoms. The lowest BCUT2D eigenvalue weighted by Crippen LogP contribution is -1.92. The maximum absolute atomic E-state index is 6.06. The van der Waals surface area contributed by atoms with E-state index in [9.17, 15) is 0 Å². The Bertz CT molecular complexity index is 517. The first-order valence-electron chi connectivity index (χ1n) is 4.48. The lowest BCUT2D eigenvalue weighted by Gasteiger charge is -2.08. The lowest BCUT2D eigenvalue weighted by atomic mass is 10.3. The zero-order valence-electron chi connectivity index (χ0n) is 8.05. The Morgan fingerprint density at radius 3 is 2.75 bits per heavy atom. The smallest absolute Gasteiger partial charge is 0.0827 e. The van der Waals surface area contributed by atoms with E-state index >= 15 is 0 Å². The van der Waals surface area contributed by atoms with Crippen molar-refractivity contribution in [3.8, 4) is 0 Å². The van der Waals surface area contributed by atoms with Crippen LogP contribution in [0.15, 0.2) is 41.1 Å². The lowest BCUT2D eigenvalue weighted by molar-refractivity contribution is 1.30. The predicted molar refractivity (Wildman–Crippen MR) is 71.7 cm³/mol. The number of nitrogens with one attached hydrogen (secondary N) is 1. The third kappa shape index (κ3) is 2.67. The number of halogens is 3. The van der Waals surface area contributed by atoms with E-state index in [1.54, 1.807) is 18.5 Å². The highest BCUT2D eigenvalue weighted by molar-refractivity contribution is 9.10. The molecule has 2 aromatic rings. The summed E-state index contributed by atoms with van der Waals surface area (Å²) in [5.41, 5.74) is 1.60. The average molecular weight is 318 g/mol. The summed E-state index contributed by atoms with van der Waals surface area (Å²) in [5.74, 6) is 0. The minimum atomic E-state index is 0.504. The van der Waals surface area contributed by atoms with Gasteiger partial charge in [0, 0.05) is 10.7 Å². The van der Waals surface area contributed by atoms with Gasteiger partial charge >= 0.3 is 0 Å². The van der Waals surface area contributed by atoms with Gasteiger partial charge < -0.3 is 5.32 Å². The maximum Gasteiger partial charge on any atom is 0.0827 e. The fraction of sp³-hybridized carbons (Fsp3) is 0. The van der Waals surface area contributed by atoms with Crippen LogP contribution in [0.4, 0.5) is 11.4 Å². The van der Waals surface area contributed by atoms with E-state index < -0.39 is 0 Å². The van der Waals surface area contributed by atoms with E-state index in [1.807, 2.05) is 18.2 Å². The van der Waals surface area contributed by atoms with E-state index in [4.69, 9.17) is 23.2 Å². The maximum atomic E-state index is 6.06.